The normalized spacial score (nSPS) is 13.6. The average molecular weight is 770 g/mol. The molecule has 304 valence electrons. The monoisotopic (exact) mass is 769 g/mol. The number of urea groups is 1. The number of primary amides is 1. The fraction of sp³-hybridized carbons (Fsp3) is 0.590. The fourth-order valence-corrected chi connectivity index (χ4v) is 5.75. The highest BCUT2D eigenvalue weighted by molar-refractivity contribution is 6.12. The number of amides is 8. The van der Waals surface area contributed by atoms with E-state index in [4.69, 9.17) is 10.5 Å². The number of rotatable bonds is 22. The summed E-state index contributed by atoms with van der Waals surface area (Å²) in [6, 6.07) is 5.17. The van der Waals surface area contributed by atoms with Crippen molar-refractivity contribution in [2.75, 3.05) is 45.6 Å². The van der Waals surface area contributed by atoms with Crippen molar-refractivity contribution in [2.45, 2.75) is 92.2 Å². The molecule has 2 atom stereocenters. The van der Waals surface area contributed by atoms with Gasteiger partial charge in [0.1, 0.15) is 6.61 Å². The van der Waals surface area contributed by atoms with Crippen LogP contribution in [0.2, 0.25) is 0 Å². The first-order valence-corrected chi connectivity index (χ1v) is 18.7. The van der Waals surface area contributed by atoms with Gasteiger partial charge in [-0.2, -0.15) is 0 Å². The van der Waals surface area contributed by atoms with Gasteiger partial charge >= 0.3 is 12.1 Å². The molecule has 0 fully saturated rings. The molecule has 1 heterocycles. The molecule has 1 aromatic rings. The van der Waals surface area contributed by atoms with Gasteiger partial charge in [0.25, 0.3) is 11.8 Å². The predicted octanol–water partition coefficient (Wildman–Crippen LogP) is 3.35. The van der Waals surface area contributed by atoms with Crippen molar-refractivity contribution >= 4 is 53.1 Å². The molecule has 0 radical (unpaired) electrons. The van der Waals surface area contributed by atoms with E-state index in [2.05, 4.69) is 16.0 Å². The second kappa shape index (κ2) is 22.2. The van der Waals surface area contributed by atoms with Crippen LogP contribution < -0.4 is 21.7 Å². The van der Waals surface area contributed by atoms with Crippen LogP contribution >= 0.6 is 0 Å². The van der Waals surface area contributed by atoms with E-state index in [0.29, 0.717) is 50.0 Å². The number of hydrogen-bond donors (Lipinski definition) is 4. The van der Waals surface area contributed by atoms with Crippen molar-refractivity contribution in [2.24, 2.45) is 23.0 Å². The van der Waals surface area contributed by atoms with Gasteiger partial charge in [0.05, 0.1) is 6.04 Å². The van der Waals surface area contributed by atoms with Gasteiger partial charge in [-0.15, -0.1) is 0 Å². The third-order valence-corrected chi connectivity index (χ3v) is 9.02. The van der Waals surface area contributed by atoms with Crippen LogP contribution in [0.5, 0.6) is 0 Å². The van der Waals surface area contributed by atoms with Gasteiger partial charge in [-0.25, -0.2) is 9.59 Å². The Morgan fingerprint density at radius 3 is 2.07 bits per heavy atom. The van der Waals surface area contributed by atoms with Crippen LogP contribution in [-0.2, 0) is 40.1 Å². The lowest BCUT2D eigenvalue weighted by molar-refractivity contribution is -0.138. The molecule has 0 aromatic heterocycles. The summed E-state index contributed by atoms with van der Waals surface area (Å²) < 4.78 is 5.42. The Kier molecular flexibility index (Phi) is 18.5. The van der Waals surface area contributed by atoms with Crippen LogP contribution in [0, 0.1) is 17.3 Å². The summed E-state index contributed by atoms with van der Waals surface area (Å²) in [5.74, 6) is -2.79. The minimum absolute atomic E-state index is 0.0151. The van der Waals surface area contributed by atoms with Crippen LogP contribution in [0.3, 0.4) is 0 Å². The third kappa shape index (κ3) is 16.3. The summed E-state index contributed by atoms with van der Waals surface area (Å²) >= 11 is 0. The molecular formula is C39H59N7O9. The number of anilines is 1. The van der Waals surface area contributed by atoms with E-state index in [-0.39, 0.29) is 74.3 Å². The predicted molar refractivity (Wildman–Crippen MR) is 206 cm³/mol. The molecule has 16 heteroatoms. The van der Waals surface area contributed by atoms with Gasteiger partial charge in [0.2, 0.25) is 17.7 Å². The molecule has 8 amide bonds. The van der Waals surface area contributed by atoms with Gasteiger partial charge < -0.3 is 36.2 Å². The quantitative estimate of drug-likeness (QED) is 0.100. The Balaban J connectivity index is 1.93. The van der Waals surface area contributed by atoms with Gasteiger partial charge in [-0.3, -0.25) is 33.7 Å². The van der Waals surface area contributed by atoms with Crippen LogP contribution in [0.15, 0.2) is 36.4 Å². The second-order valence-corrected chi connectivity index (χ2v) is 15.2. The maximum atomic E-state index is 13.6. The number of Topliss-reactive ketones (excluding diaryl/α,β-unsaturated/α-hetero) is 1. The number of unbranched alkanes of at least 4 members (excludes halogenated alkanes) is 2. The Morgan fingerprint density at radius 2 is 1.49 bits per heavy atom. The summed E-state index contributed by atoms with van der Waals surface area (Å²) in [6.07, 6.45) is 4.21. The number of nitrogens with two attached hydrogens (primary N) is 1. The minimum atomic E-state index is -0.828. The Hall–Kier alpha value is -5.28. The molecular weight excluding hydrogens is 710 g/mol. The van der Waals surface area contributed by atoms with E-state index >= 15 is 0 Å². The number of carbonyl (C=O) groups is 8. The largest absolute Gasteiger partial charge is 0.445 e. The standard InChI is InChI=1S/C39H59N7O9/c1-26(2)34(43-31(48)13-9-8-10-21-46-32(49)18-19-33(46)50)30(47)24-28(12-11-20-41-37(40)53)35(51)42-29-16-14-27(15-17-29)25-55-38(54)45(7)23-22-44(6)36(52)39(3,4)5/h14-19,26,28,34H,8-13,20-25H2,1-7H3,(H,42,51)(H,43,48)(H3,40,41,53)/t28-,34+/m1/s1. The summed E-state index contributed by atoms with van der Waals surface area (Å²) in [7, 11) is 3.28. The molecule has 0 bridgehead atoms. The number of nitrogens with zero attached hydrogens (tertiary/aromatic N) is 3. The van der Waals surface area contributed by atoms with E-state index in [0.717, 1.165) is 4.90 Å². The summed E-state index contributed by atoms with van der Waals surface area (Å²) in [4.78, 5) is 103. The molecule has 1 aliphatic heterocycles. The van der Waals surface area contributed by atoms with E-state index in [1.165, 1.54) is 17.1 Å². The Morgan fingerprint density at radius 1 is 0.873 bits per heavy atom. The lowest BCUT2D eigenvalue weighted by atomic mass is 9.89. The molecule has 0 saturated carbocycles. The lowest BCUT2D eigenvalue weighted by Gasteiger charge is -2.27. The first-order chi connectivity index (χ1) is 25.8. The summed E-state index contributed by atoms with van der Waals surface area (Å²) in [6.45, 7) is 10.2. The van der Waals surface area contributed by atoms with Crippen molar-refractivity contribution in [1.29, 1.82) is 0 Å². The van der Waals surface area contributed by atoms with Gasteiger partial charge in [-0.05, 0) is 49.3 Å². The highest BCUT2D eigenvalue weighted by Gasteiger charge is 2.30. The first kappa shape index (κ1) is 45.9. The Labute approximate surface area is 323 Å². The molecule has 55 heavy (non-hydrogen) atoms. The molecule has 1 aliphatic rings. The third-order valence-electron chi connectivity index (χ3n) is 9.02. The number of likely N-dealkylation sites (N-methyl/N-ethyl adjacent to an activating group) is 2. The smallest absolute Gasteiger partial charge is 0.409 e. The van der Waals surface area contributed by atoms with E-state index in [1.807, 2.05) is 20.8 Å². The van der Waals surface area contributed by atoms with Gasteiger partial charge in [0, 0.05) is 82.3 Å². The second-order valence-electron chi connectivity index (χ2n) is 15.2. The maximum Gasteiger partial charge on any atom is 0.409 e. The summed E-state index contributed by atoms with van der Waals surface area (Å²) in [5, 5.41) is 8.14. The first-order valence-electron chi connectivity index (χ1n) is 18.7. The fourth-order valence-electron chi connectivity index (χ4n) is 5.75. The number of benzene rings is 1. The number of ketones is 1. The zero-order chi connectivity index (χ0) is 41.3. The highest BCUT2D eigenvalue weighted by Crippen LogP contribution is 2.20. The number of carbonyl (C=O) groups excluding carboxylic acids is 8. The van der Waals surface area contributed by atoms with E-state index in [1.54, 1.807) is 57.1 Å². The number of nitrogens with one attached hydrogen (secondary N) is 3. The average Bonchev–Trinajstić information content (AvgIpc) is 3.44. The minimum Gasteiger partial charge on any atom is -0.445 e. The number of ether oxygens (including phenoxy) is 1. The van der Waals surface area contributed by atoms with Gasteiger partial charge in [-0.1, -0.05) is 53.2 Å². The maximum absolute atomic E-state index is 13.6. The SMILES string of the molecule is CC(C)[C@H](NC(=O)CCCCCN1C(=O)C=CC1=O)C(=O)C[C@@H](CCCNC(N)=O)C(=O)Nc1ccc(COC(=O)N(C)CCN(C)C(=O)C(C)(C)C)cc1. The zero-order valence-electron chi connectivity index (χ0n) is 33.3. The Bertz CT molecular complexity index is 1540. The molecule has 5 N–H and O–H groups in total. The highest BCUT2D eigenvalue weighted by atomic mass is 16.6. The number of imide groups is 1. The summed E-state index contributed by atoms with van der Waals surface area (Å²) in [5.41, 5.74) is 5.78. The van der Waals surface area contributed by atoms with Crippen molar-refractivity contribution in [3.05, 3.63) is 42.0 Å². The molecule has 1 aromatic carbocycles. The van der Waals surface area contributed by atoms with Crippen molar-refractivity contribution in [3.8, 4) is 0 Å². The molecule has 2 rings (SSSR count). The molecule has 0 saturated heterocycles. The molecule has 16 nitrogen and oxygen atoms in total. The number of hydrogen-bond acceptors (Lipinski definition) is 9. The molecule has 0 aliphatic carbocycles. The molecule has 0 spiro atoms. The van der Waals surface area contributed by atoms with E-state index < -0.39 is 35.4 Å². The van der Waals surface area contributed by atoms with Crippen LogP contribution in [0.25, 0.3) is 0 Å². The van der Waals surface area contributed by atoms with Gasteiger partial charge in [0.15, 0.2) is 5.78 Å². The van der Waals surface area contributed by atoms with E-state index in [9.17, 15) is 38.4 Å². The lowest BCUT2D eigenvalue weighted by Crippen LogP contribution is -2.45. The van der Waals surface area contributed by atoms with Crippen LogP contribution in [0.1, 0.15) is 85.1 Å². The molecule has 0 unspecified atom stereocenters. The topological polar surface area (TPSA) is 218 Å². The van der Waals surface area contributed by atoms with Crippen LogP contribution in [0.4, 0.5) is 15.3 Å². The van der Waals surface area contributed by atoms with Crippen molar-refractivity contribution in [1.82, 2.24) is 25.3 Å². The van der Waals surface area contributed by atoms with Crippen molar-refractivity contribution in [3.63, 3.8) is 0 Å². The van der Waals surface area contributed by atoms with Crippen molar-refractivity contribution < 1.29 is 43.1 Å². The zero-order valence-corrected chi connectivity index (χ0v) is 33.3. The van der Waals surface area contributed by atoms with Crippen LogP contribution in [-0.4, -0.2) is 108 Å².